The van der Waals surface area contributed by atoms with Gasteiger partial charge in [-0.15, -0.1) is 10.2 Å². The van der Waals surface area contributed by atoms with Gasteiger partial charge in [0, 0.05) is 21.5 Å². The third kappa shape index (κ3) is 6.24. The predicted octanol–water partition coefficient (Wildman–Crippen LogP) is 9.01. The van der Waals surface area contributed by atoms with Crippen molar-refractivity contribution in [1.82, 2.24) is 0 Å². The minimum Gasteiger partial charge on any atom is -0.505 e. The highest BCUT2D eigenvalue weighted by molar-refractivity contribution is 7.86. The number of phenolic OH excluding ortho intramolecular Hbond substituents is 2. The molecule has 48 heavy (non-hydrogen) atoms. The van der Waals surface area contributed by atoms with E-state index in [-0.39, 0.29) is 44.4 Å². The Morgan fingerprint density at radius 1 is 0.479 bits per heavy atom. The van der Waals surface area contributed by atoms with Crippen LogP contribution in [0.5, 0.6) is 11.5 Å². The lowest BCUT2D eigenvalue weighted by atomic mass is 9.96. The Morgan fingerprint density at radius 2 is 0.833 bits per heavy atom. The van der Waals surface area contributed by atoms with Crippen molar-refractivity contribution < 1.29 is 36.2 Å². The molecule has 0 aliphatic heterocycles. The van der Waals surface area contributed by atoms with E-state index >= 15 is 0 Å². The molecule has 0 bridgehead atoms. The van der Waals surface area contributed by atoms with E-state index in [0.29, 0.717) is 11.4 Å². The minimum atomic E-state index is -4.60. The largest absolute Gasteiger partial charge is 0.505 e. The monoisotopic (exact) mass is 682 g/mol. The Labute approximate surface area is 274 Å². The van der Waals surface area contributed by atoms with Crippen LogP contribution in [0.15, 0.2) is 127 Å². The van der Waals surface area contributed by atoms with Crippen molar-refractivity contribution in [1.29, 1.82) is 0 Å². The molecule has 0 spiro atoms. The number of hydrogen-bond donors (Lipinski definition) is 4. The first-order valence-corrected chi connectivity index (χ1v) is 17.1. The molecule has 0 aliphatic rings. The first-order chi connectivity index (χ1) is 22.7. The summed E-state index contributed by atoms with van der Waals surface area (Å²) in [4.78, 5) is -0.793. The molecule has 0 fully saturated rings. The predicted molar refractivity (Wildman–Crippen MR) is 181 cm³/mol. The van der Waals surface area contributed by atoms with Crippen LogP contribution in [-0.2, 0) is 20.2 Å². The van der Waals surface area contributed by atoms with Gasteiger partial charge in [0.15, 0.2) is 11.5 Å². The van der Waals surface area contributed by atoms with Crippen LogP contribution < -0.4 is 0 Å². The molecule has 0 heterocycles. The van der Waals surface area contributed by atoms with E-state index in [4.69, 9.17) is 0 Å². The van der Waals surface area contributed by atoms with Crippen LogP contribution in [0.3, 0.4) is 0 Å². The fourth-order valence-corrected chi connectivity index (χ4v) is 6.89. The van der Waals surface area contributed by atoms with Gasteiger partial charge in [-0.3, -0.25) is 9.11 Å². The highest BCUT2D eigenvalue weighted by Crippen LogP contribution is 2.41. The van der Waals surface area contributed by atoms with E-state index in [1.54, 1.807) is 48.5 Å². The summed E-state index contributed by atoms with van der Waals surface area (Å²) in [6, 6.07) is 25.1. The van der Waals surface area contributed by atoms with Gasteiger partial charge in [-0.1, -0.05) is 60.7 Å². The number of aromatic hydroxyl groups is 2. The zero-order valence-corrected chi connectivity index (χ0v) is 26.9. The van der Waals surface area contributed by atoms with E-state index in [9.17, 15) is 36.2 Å². The fourth-order valence-electron chi connectivity index (χ4n) is 5.45. The van der Waals surface area contributed by atoms with Crippen LogP contribution >= 0.6 is 0 Å². The Kier molecular flexibility index (Phi) is 8.26. The quantitative estimate of drug-likeness (QED) is 0.0944. The number of phenols is 2. The minimum absolute atomic E-state index is 0.130. The molecule has 4 N–H and O–H groups in total. The molecule has 6 aromatic carbocycles. The molecule has 0 saturated heterocycles. The van der Waals surface area contributed by atoms with Crippen LogP contribution in [0, 0.1) is 13.8 Å². The first-order valence-electron chi connectivity index (χ1n) is 14.2. The molecule has 12 nitrogen and oxygen atoms in total. The molecule has 0 amide bonds. The van der Waals surface area contributed by atoms with Gasteiger partial charge in [0.2, 0.25) is 0 Å². The summed E-state index contributed by atoms with van der Waals surface area (Å²) in [5.41, 5.74) is 4.03. The molecule has 0 aliphatic carbocycles. The van der Waals surface area contributed by atoms with Crippen LogP contribution in [0.4, 0.5) is 22.7 Å². The van der Waals surface area contributed by atoms with Gasteiger partial charge < -0.3 is 10.2 Å². The van der Waals surface area contributed by atoms with Gasteiger partial charge in [-0.2, -0.15) is 27.1 Å². The van der Waals surface area contributed by atoms with E-state index < -0.39 is 30.0 Å². The molecule has 0 aromatic heterocycles. The molecule has 0 radical (unpaired) electrons. The Balaban J connectivity index is 1.28. The van der Waals surface area contributed by atoms with Gasteiger partial charge in [-0.05, 0) is 72.5 Å². The summed E-state index contributed by atoms with van der Waals surface area (Å²) in [6.45, 7) is 3.75. The smallest absolute Gasteiger partial charge is 0.295 e. The summed E-state index contributed by atoms with van der Waals surface area (Å²) in [6.07, 6.45) is 0. The number of nitrogens with zero attached hydrogens (tertiary/aromatic N) is 4. The summed E-state index contributed by atoms with van der Waals surface area (Å²) in [7, 11) is -9.21. The number of azo groups is 2. The Hall–Kier alpha value is -5.54. The average molecular weight is 683 g/mol. The summed E-state index contributed by atoms with van der Waals surface area (Å²) in [5.74, 6) is -0.560. The van der Waals surface area contributed by atoms with E-state index in [0.717, 1.165) is 34.4 Å². The number of hydrogen-bond acceptors (Lipinski definition) is 10. The maximum absolute atomic E-state index is 12.0. The van der Waals surface area contributed by atoms with E-state index in [1.165, 1.54) is 24.3 Å². The molecular formula is C34H26N4O8S2. The second kappa shape index (κ2) is 12.2. The molecular weight excluding hydrogens is 657 g/mol. The molecule has 0 unspecified atom stereocenters. The van der Waals surface area contributed by atoms with Gasteiger partial charge >= 0.3 is 0 Å². The topological polar surface area (TPSA) is 199 Å². The van der Waals surface area contributed by atoms with E-state index in [2.05, 4.69) is 20.5 Å². The van der Waals surface area contributed by atoms with Crippen molar-refractivity contribution >= 4 is 64.5 Å². The molecule has 6 rings (SSSR count). The number of benzene rings is 6. The fraction of sp³-hybridized carbons (Fsp3) is 0.0588. The maximum Gasteiger partial charge on any atom is 0.295 e. The lowest BCUT2D eigenvalue weighted by Crippen LogP contribution is -1.99. The number of fused-ring (bicyclic) bond motifs is 2. The van der Waals surface area contributed by atoms with Crippen LogP contribution in [0.1, 0.15) is 11.1 Å². The van der Waals surface area contributed by atoms with Gasteiger partial charge in [0.1, 0.15) is 21.2 Å². The first kappa shape index (κ1) is 32.4. The highest BCUT2D eigenvalue weighted by Gasteiger charge is 2.21. The molecule has 0 saturated carbocycles. The Bertz CT molecular complexity index is 2390. The molecule has 0 atom stereocenters. The second-order valence-electron chi connectivity index (χ2n) is 10.9. The van der Waals surface area contributed by atoms with Crippen molar-refractivity contribution in [3.05, 3.63) is 108 Å². The molecule has 242 valence electrons. The standard InChI is InChI=1S/C34H26N4O8S2/c1-19-15-21(35-37-29-17-31(47(41,42)43)25-7-3-5-9-27(25)33(29)39)11-13-23(19)24-14-12-22(16-20(24)2)36-38-30-18-32(48(44,45)46)26-8-4-6-10-28(26)34(30)40/h3-18,39-40H,1-2H3,(H,41,42,43)(H,44,45,46)/b37-35+,38-36+. The van der Waals surface area contributed by atoms with Crippen LogP contribution in [-0.4, -0.2) is 36.2 Å². The van der Waals surface area contributed by atoms with Crippen LogP contribution in [0.2, 0.25) is 0 Å². The van der Waals surface area contributed by atoms with Crippen molar-refractivity contribution in [3.63, 3.8) is 0 Å². The van der Waals surface area contributed by atoms with Crippen molar-refractivity contribution in [3.8, 4) is 22.6 Å². The summed E-state index contributed by atoms with van der Waals surface area (Å²) in [5, 5.41) is 38.7. The Morgan fingerprint density at radius 3 is 1.17 bits per heavy atom. The van der Waals surface area contributed by atoms with Crippen molar-refractivity contribution in [2.24, 2.45) is 20.5 Å². The maximum atomic E-state index is 12.0. The SMILES string of the molecule is Cc1cc(/N=N/c2cc(S(=O)(=O)O)c3ccccc3c2O)ccc1-c1ccc(/N=N/c2cc(S(=O)(=O)O)c3ccccc3c2O)cc1C. The van der Waals surface area contributed by atoms with Gasteiger partial charge in [0.05, 0.1) is 11.4 Å². The van der Waals surface area contributed by atoms with Crippen LogP contribution in [0.25, 0.3) is 32.7 Å². The van der Waals surface area contributed by atoms with Gasteiger partial charge in [0.25, 0.3) is 20.2 Å². The highest BCUT2D eigenvalue weighted by atomic mass is 32.2. The number of rotatable bonds is 7. The second-order valence-corrected chi connectivity index (χ2v) is 13.7. The van der Waals surface area contributed by atoms with Gasteiger partial charge in [-0.25, -0.2) is 0 Å². The lowest BCUT2D eigenvalue weighted by Gasteiger charge is -2.11. The van der Waals surface area contributed by atoms with Crippen molar-refractivity contribution in [2.45, 2.75) is 23.6 Å². The van der Waals surface area contributed by atoms with E-state index in [1.807, 2.05) is 26.0 Å². The zero-order valence-electron chi connectivity index (χ0n) is 25.3. The summed E-state index contributed by atoms with van der Waals surface area (Å²) >= 11 is 0. The lowest BCUT2D eigenvalue weighted by molar-refractivity contribution is 0.477. The summed E-state index contributed by atoms with van der Waals surface area (Å²) < 4.78 is 67.5. The molecule has 14 heteroatoms. The average Bonchev–Trinajstić information content (AvgIpc) is 3.03. The third-order valence-corrected chi connectivity index (χ3v) is 9.52. The molecule has 6 aromatic rings. The normalized spacial score (nSPS) is 12.5. The van der Waals surface area contributed by atoms with Crippen molar-refractivity contribution in [2.75, 3.05) is 0 Å². The third-order valence-electron chi connectivity index (χ3n) is 7.73. The zero-order chi connectivity index (χ0) is 34.4. The number of aryl methyl sites for hydroxylation is 2.